The van der Waals surface area contributed by atoms with Gasteiger partial charge in [0.15, 0.2) is 0 Å². The Hall–Kier alpha value is -0.690. The Bertz CT molecular complexity index is 259. The monoisotopic (exact) mass is 214 g/mol. The van der Waals surface area contributed by atoms with Gasteiger partial charge in [0.25, 0.3) is 0 Å². The first-order valence-electron chi connectivity index (χ1n) is 5.02. The molecule has 80 valence electrons. The summed E-state index contributed by atoms with van der Waals surface area (Å²) in [5.41, 5.74) is 2.35. The molecule has 0 aromatic heterocycles. The normalized spacial score (nSPS) is 9.00. The maximum atomic E-state index is 5.99. The van der Waals surface area contributed by atoms with E-state index in [-0.39, 0.29) is 0 Å². The zero-order chi connectivity index (χ0) is 11.1. The predicted octanol–water partition coefficient (Wildman–Crippen LogP) is 4.25. The minimum Gasteiger partial charge on any atom is -0.495 e. The van der Waals surface area contributed by atoms with E-state index in [0.29, 0.717) is 5.02 Å². The third-order valence-electron chi connectivity index (χ3n) is 1.90. The van der Waals surface area contributed by atoms with Gasteiger partial charge in [-0.3, -0.25) is 0 Å². The molecule has 0 aliphatic rings. The summed E-state index contributed by atoms with van der Waals surface area (Å²) in [4.78, 5) is 0. The van der Waals surface area contributed by atoms with Gasteiger partial charge in [-0.1, -0.05) is 38.4 Å². The van der Waals surface area contributed by atoms with Crippen molar-refractivity contribution in [1.82, 2.24) is 0 Å². The van der Waals surface area contributed by atoms with Gasteiger partial charge in [-0.25, -0.2) is 0 Å². The molecule has 1 rings (SSSR count). The van der Waals surface area contributed by atoms with Gasteiger partial charge in [-0.2, -0.15) is 0 Å². The fourth-order valence-corrected chi connectivity index (χ4v) is 1.63. The Morgan fingerprint density at radius 3 is 2.21 bits per heavy atom. The van der Waals surface area contributed by atoms with Gasteiger partial charge >= 0.3 is 0 Å². The molecule has 0 unspecified atom stereocenters. The van der Waals surface area contributed by atoms with Crippen LogP contribution in [0.1, 0.15) is 31.9 Å². The van der Waals surface area contributed by atoms with Gasteiger partial charge in [0.05, 0.1) is 12.1 Å². The number of aryl methyl sites for hydroxylation is 2. The summed E-state index contributed by atoms with van der Waals surface area (Å²) in [6.45, 7) is 8.11. The quantitative estimate of drug-likeness (QED) is 0.716. The Morgan fingerprint density at radius 1 is 1.29 bits per heavy atom. The van der Waals surface area contributed by atoms with Crippen LogP contribution >= 0.6 is 11.6 Å². The fraction of sp³-hybridized carbons (Fsp3) is 0.500. The SMILES string of the molecule is CC.CCc1cc(C)c(OC)c(Cl)c1. The number of hydrogen-bond acceptors (Lipinski definition) is 1. The lowest BCUT2D eigenvalue weighted by molar-refractivity contribution is 0.412. The molecule has 0 atom stereocenters. The number of hydrogen-bond donors (Lipinski definition) is 0. The molecule has 0 spiro atoms. The van der Waals surface area contributed by atoms with Crippen LogP contribution in [0, 0.1) is 6.92 Å². The van der Waals surface area contributed by atoms with E-state index in [9.17, 15) is 0 Å². The van der Waals surface area contributed by atoms with Crippen molar-refractivity contribution < 1.29 is 4.74 Å². The smallest absolute Gasteiger partial charge is 0.140 e. The molecule has 0 radical (unpaired) electrons. The number of rotatable bonds is 2. The highest BCUT2D eigenvalue weighted by atomic mass is 35.5. The van der Waals surface area contributed by atoms with Crippen LogP contribution in [0.2, 0.25) is 5.02 Å². The van der Waals surface area contributed by atoms with Crippen molar-refractivity contribution in [3.8, 4) is 5.75 Å². The van der Waals surface area contributed by atoms with E-state index in [1.54, 1.807) is 7.11 Å². The largest absolute Gasteiger partial charge is 0.495 e. The number of halogens is 1. The fourth-order valence-electron chi connectivity index (χ4n) is 1.26. The molecule has 0 saturated carbocycles. The number of benzene rings is 1. The molecule has 0 saturated heterocycles. The maximum Gasteiger partial charge on any atom is 0.140 e. The number of ether oxygens (including phenoxy) is 1. The second kappa shape index (κ2) is 6.72. The molecule has 0 aliphatic heterocycles. The van der Waals surface area contributed by atoms with Gasteiger partial charge in [0.1, 0.15) is 5.75 Å². The molecule has 0 aliphatic carbocycles. The molecule has 0 amide bonds. The van der Waals surface area contributed by atoms with E-state index in [1.807, 2.05) is 26.8 Å². The summed E-state index contributed by atoms with van der Waals surface area (Å²) in [7, 11) is 1.64. The zero-order valence-corrected chi connectivity index (χ0v) is 10.4. The van der Waals surface area contributed by atoms with Crippen molar-refractivity contribution in [1.29, 1.82) is 0 Å². The predicted molar refractivity (Wildman–Crippen MR) is 63.5 cm³/mol. The molecule has 14 heavy (non-hydrogen) atoms. The highest BCUT2D eigenvalue weighted by Gasteiger charge is 2.04. The minimum atomic E-state index is 0.703. The lowest BCUT2D eigenvalue weighted by Crippen LogP contribution is -1.90. The molecule has 1 nitrogen and oxygen atoms in total. The standard InChI is InChI=1S/C10H13ClO.C2H6/c1-4-8-5-7(2)10(12-3)9(11)6-8;1-2/h5-6H,4H2,1-3H3;1-2H3. The summed E-state index contributed by atoms with van der Waals surface area (Å²) in [5, 5.41) is 0.703. The average Bonchev–Trinajstić information content (AvgIpc) is 2.20. The molecule has 0 bridgehead atoms. The maximum absolute atomic E-state index is 5.99. The van der Waals surface area contributed by atoms with Gasteiger partial charge in [0, 0.05) is 0 Å². The highest BCUT2D eigenvalue weighted by molar-refractivity contribution is 6.32. The van der Waals surface area contributed by atoms with E-state index in [1.165, 1.54) is 5.56 Å². The first-order chi connectivity index (χ1) is 6.69. The molecule has 1 aromatic carbocycles. The van der Waals surface area contributed by atoms with Gasteiger partial charge in [-0.15, -0.1) is 0 Å². The summed E-state index contributed by atoms with van der Waals surface area (Å²) in [5.74, 6) is 0.786. The number of methoxy groups -OCH3 is 1. The van der Waals surface area contributed by atoms with Crippen LogP contribution in [-0.4, -0.2) is 7.11 Å². The van der Waals surface area contributed by atoms with Gasteiger partial charge in [0.2, 0.25) is 0 Å². The van der Waals surface area contributed by atoms with E-state index >= 15 is 0 Å². The Labute approximate surface area is 92.0 Å². The van der Waals surface area contributed by atoms with Crippen LogP contribution in [0.3, 0.4) is 0 Å². The lowest BCUT2D eigenvalue weighted by atomic mass is 10.1. The topological polar surface area (TPSA) is 9.23 Å². The van der Waals surface area contributed by atoms with Crippen molar-refractivity contribution in [2.24, 2.45) is 0 Å². The van der Waals surface area contributed by atoms with Crippen LogP contribution < -0.4 is 4.74 Å². The molecule has 0 heterocycles. The van der Waals surface area contributed by atoms with E-state index < -0.39 is 0 Å². The van der Waals surface area contributed by atoms with Crippen molar-refractivity contribution in [3.05, 3.63) is 28.3 Å². The van der Waals surface area contributed by atoms with Crippen molar-refractivity contribution >= 4 is 11.6 Å². The van der Waals surface area contributed by atoms with E-state index in [4.69, 9.17) is 16.3 Å². The highest BCUT2D eigenvalue weighted by Crippen LogP contribution is 2.29. The van der Waals surface area contributed by atoms with Gasteiger partial charge < -0.3 is 4.74 Å². The summed E-state index contributed by atoms with van der Waals surface area (Å²) >= 11 is 5.99. The molecule has 0 N–H and O–H groups in total. The minimum absolute atomic E-state index is 0.703. The third kappa shape index (κ3) is 3.22. The van der Waals surface area contributed by atoms with Crippen LogP contribution in [0.5, 0.6) is 5.75 Å². The second-order valence-electron chi connectivity index (χ2n) is 2.78. The lowest BCUT2D eigenvalue weighted by Gasteiger charge is -2.08. The van der Waals surface area contributed by atoms with Crippen molar-refractivity contribution in [3.63, 3.8) is 0 Å². The Kier molecular flexibility index (Phi) is 6.39. The summed E-state index contributed by atoms with van der Waals surface area (Å²) < 4.78 is 5.14. The second-order valence-corrected chi connectivity index (χ2v) is 3.19. The molecular weight excluding hydrogens is 196 g/mol. The third-order valence-corrected chi connectivity index (χ3v) is 2.18. The summed E-state index contributed by atoms with van der Waals surface area (Å²) in [6, 6.07) is 4.05. The van der Waals surface area contributed by atoms with Crippen LogP contribution in [0.15, 0.2) is 12.1 Å². The van der Waals surface area contributed by atoms with E-state index in [2.05, 4.69) is 13.0 Å². The van der Waals surface area contributed by atoms with Crippen molar-refractivity contribution in [2.75, 3.05) is 7.11 Å². The first-order valence-corrected chi connectivity index (χ1v) is 5.39. The van der Waals surface area contributed by atoms with Crippen LogP contribution in [-0.2, 0) is 6.42 Å². The van der Waals surface area contributed by atoms with E-state index in [0.717, 1.165) is 17.7 Å². The first kappa shape index (κ1) is 13.3. The van der Waals surface area contributed by atoms with Crippen LogP contribution in [0.4, 0.5) is 0 Å². The Morgan fingerprint density at radius 2 is 1.86 bits per heavy atom. The molecule has 0 fully saturated rings. The zero-order valence-electron chi connectivity index (χ0n) is 9.65. The summed E-state index contributed by atoms with van der Waals surface area (Å²) in [6.07, 6.45) is 1.00. The molecule has 2 heteroatoms. The molecular formula is C12H19ClO. The van der Waals surface area contributed by atoms with Crippen molar-refractivity contribution in [2.45, 2.75) is 34.1 Å². The van der Waals surface area contributed by atoms with Gasteiger partial charge in [-0.05, 0) is 30.5 Å². The molecule has 1 aromatic rings. The van der Waals surface area contributed by atoms with Crippen LogP contribution in [0.25, 0.3) is 0 Å². The Balaban J connectivity index is 0.000000791. The average molecular weight is 215 g/mol.